The van der Waals surface area contributed by atoms with Crippen LogP contribution in [0.4, 0.5) is 0 Å². The predicted octanol–water partition coefficient (Wildman–Crippen LogP) is 1.44. The summed E-state index contributed by atoms with van der Waals surface area (Å²) in [6.07, 6.45) is 3.04. The van der Waals surface area contributed by atoms with Gasteiger partial charge in [-0.25, -0.2) is 0 Å². The summed E-state index contributed by atoms with van der Waals surface area (Å²) < 4.78 is 4.64. The summed E-state index contributed by atoms with van der Waals surface area (Å²) in [6.45, 7) is 1.91. The molecule has 0 aromatic carbocycles. The second-order valence-electron chi connectivity index (χ2n) is 2.39. The van der Waals surface area contributed by atoms with E-state index in [-0.39, 0.29) is 0 Å². The average Bonchev–Trinajstić information content (AvgIpc) is 2.57. The third-order valence-corrected chi connectivity index (χ3v) is 1.61. The second kappa shape index (κ2) is 2.73. The molecule has 2 rings (SSSR count). The highest BCUT2D eigenvalue weighted by Gasteiger charge is 2.05. The summed E-state index contributed by atoms with van der Waals surface area (Å²) >= 11 is 0. The average molecular weight is 161 g/mol. The zero-order valence-electron chi connectivity index (χ0n) is 6.56. The van der Waals surface area contributed by atoms with Crippen LogP contribution in [0.1, 0.15) is 5.69 Å². The molecule has 0 fully saturated rings. The first-order valence-electron chi connectivity index (χ1n) is 3.56. The van der Waals surface area contributed by atoms with Crippen molar-refractivity contribution in [1.82, 2.24) is 15.1 Å². The normalized spacial score (nSPS) is 10.1. The molecule has 4 heteroatoms. The Morgan fingerprint density at radius 3 is 2.92 bits per heavy atom. The van der Waals surface area contributed by atoms with Crippen LogP contribution in [0.25, 0.3) is 11.4 Å². The van der Waals surface area contributed by atoms with Gasteiger partial charge in [-0.3, -0.25) is 4.98 Å². The number of rotatable bonds is 1. The molecule has 2 aromatic heterocycles. The van der Waals surface area contributed by atoms with Crippen LogP contribution >= 0.6 is 0 Å². The predicted molar refractivity (Wildman–Crippen MR) is 42.3 cm³/mol. The minimum Gasteiger partial charge on any atom is -0.342 e. The topological polar surface area (TPSA) is 51.8 Å². The van der Waals surface area contributed by atoms with Gasteiger partial charge in [-0.15, -0.1) is 0 Å². The molecular formula is C8H7N3O. The van der Waals surface area contributed by atoms with E-state index in [0.29, 0.717) is 5.82 Å². The van der Waals surface area contributed by atoms with Gasteiger partial charge in [0.05, 0.1) is 0 Å². The highest BCUT2D eigenvalue weighted by molar-refractivity contribution is 5.56. The lowest BCUT2D eigenvalue weighted by atomic mass is 10.2. The molecule has 2 heterocycles. The smallest absolute Gasteiger partial charge is 0.214 e. The maximum atomic E-state index is 4.64. The number of hydrogen-bond donors (Lipinski definition) is 0. The lowest BCUT2D eigenvalue weighted by Gasteiger charge is -1.96. The van der Waals surface area contributed by atoms with Gasteiger partial charge >= 0.3 is 0 Å². The van der Waals surface area contributed by atoms with E-state index in [1.54, 1.807) is 6.20 Å². The van der Waals surface area contributed by atoms with Crippen LogP contribution in [0.2, 0.25) is 0 Å². The Bertz CT molecular complexity index is 370. The van der Waals surface area contributed by atoms with E-state index in [1.807, 2.05) is 19.1 Å². The van der Waals surface area contributed by atoms with Crippen molar-refractivity contribution in [1.29, 1.82) is 0 Å². The number of hydrogen-bond acceptors (Lipinski definition) is 4. The van der Waals surface area contributed by atoms with Crippen LogP contribution in [-0.2, 0) is 0 Å². The van der Waals surface area contributed by atoms with E-state index >= 15 is 0 Å². The van der Waals surface area contributed by atoms with Crippen LogP contribution in [0.3, 0.4) is 0 Å². The van der Waals surface area contributed by atoms with Gasteiger partial charge < -0.3 is 4.52 Å². The molecule has 0 radical (unpaired) electrons. The Hall–Kier alpha value is -1.71. The maximum absolute atomic E-state index is 4.64. The van der Waals surface area contributed by atoms with Crippen LogP contribution in [-0.4, -0.2) is 15.1 Å². The first kappa shape index (κ1) is 6.97. The van der Waals surface area contributed by atoms with E-state index in [9.17, 15) is 0 Å². The molecule has 4 nitrogen and oxygen atoms in total. The number of aryl methyl sites for hydroxylation is 1. The van der Waals surface area contributed by atoms with Gasteiger partial charge in [0.2, 0.25) is 12.2 Å². The summed E-state index contributed by atoms with van der Waals surface area (Å²) in [5.41, 5.74) is 1.81. The van der Waals surface area contributed by atoms with Crippen molar-refractivity contribution in [2.45, 2.75) is 6.92 Å². The van der Waals surface area contributed by atoms with Gasteiger partial charge in [0.1, 0.15) is 0 Å². The molecule has 0 unspecified atom stereocenters. The van der Waals surface area contributed by atoms with Crippen molar-refractivity contribution < 1.29 is 4.52 Å². The molecule has 0 aliphatic rings. The van der Waals surface area contributed by atoms with Crippen LogP contribution in [0.15, 0.2) is 29.2 Å². The molecular weight excluding hydrogens is 154 g/mol. The Morgan fingerprint density at radius 2 is 2.25 bits per heavy atom. The molecule has 0 amide bonds. The Kier molecular flexibility index (Phi) is 1.59. The Balaban J connectivity index is 2.55. The van der Waals surface area contributed by atoms with Gasteiger partial charge in [-0.1, -0.05) is 5.16 Å². The molecule has 0 spiro atoms. The lowest BCUT2D eigenvalue weighted by molar-refractivity contribution is 0.418. The van der Waals surface area contributed by atoms with Crippen LogP contribution in [0.5, 0.6) is 0 Å². The fourth-order valence-electron chi connectivity index (χ4n) is 1.01. The third kappa shape index (κ3) is 1.07. The zero-order chi connectivity index (χ0) is 8.39. The first-order chi connectivity index (χ1) is 5.88. The van der Waals surface area contributed by atoms with E-state index < -0.39 is 0 Å². The van der Waals surface area contributed by atoms with Gasteiger partial charge in [-0.05, 0) is 19.1 Å². The standard InChI is InChI=1S/C8H7N3O/c1-6-7(3-2-4-9-6)8-10-5-12-11-8/h2-5H,1H3. The molecule has 60 valence electrons. The van der Waals surface area contributed by atoms with E-state index in [2.05, 4.69) is 19.6 Å². The van der Waals surface area contributed by atoms with Crippen molar-refractivity contribution in [2.24, 2.45) is 0 Å². The van der Waals surface area contributed by atoms with Crippen molar-refractivity contribution in [3.63, 3.8) is 0 Å². The van der Waals surface area contributed by atoms with Crippen molar-refractivity contribution in [2.75, 3.05) is 0 Å². The maximum Gasteiger partial charge on any atom is 0.214 e. The number of pyridine rings is 1. The van der Waals surface area contributed by atoms with Gasteiger partial charge in [0.15, 0.2) is 0 Å². The number of aromatic nitrogens is 3. The molecule has 0 bridgehead atoms. The zero-order valence-corrected chi connectivity index (χ0v) is 6.56. The summed E-state index contributed by atoms with van der Waals surface area (Å²) in [7, 11) is 0. The highest BCUT2D eigenvalue weighted by Crippen LogP contribution is 2.15. The molecule has 0 saturated heterocycles. The summed E-state index contributed by atoms with van der Waals surface area (Å²) in [5.74, 6) is 0.584. The highest BCUT2D eigenvalue weighted by atomic mass is 16.5. The largest absolute Gasteiger partial charge is 0.342 e. The van der Waals surface area contributed by atoms with Crippen LogP contribution in [0, 0.1) is 6.92 Å². The molecule has 0 atom stereocenters. The van der Waals surface area contributed by atoms with Crippen molar-refractivity contribution in [3.8, 4) is 11.4 Å². The lowest BCUT2D eigenvalue weighted by Crippen LogP contribution is -1.87. The Morgan fingerprint density at radius 1 is 1.33 bits per heavy atom. The van der Waals surface area contributed by atoms with Crippen molar-refractivity contribution >= 4 is 0 Å². The summed E-state index contributed by atoms with van der Waals surface area (Å²) in [5, 5.41) is 3.72. The Labute approximate surface area is 69.3 Å². The molecule has 2 aromatic rings. The monoisotopic (exact) mass is 161 g/mol. The van der Waals surface area contributed by atoms with E-state index in [1.165, 1.54) is 6.39 Å². The van der Waals surface area contributed by atoms with Gasteiger partial charge in [-0.2, -0.15) is 4.98 Å². The van der Waals surface area contributed by atoms with E-state index in [4.69, 9.17) is 0 Å². The third-order valence-electron chi connectivity index (χ3n) is 1.61. The number of nitrogens with zero attached hydrogens (tertiary/aromatic N) is 3. The van der Waals surface area contributed by atoms with Gasteiger partial charge in [0, 0.05) is 17.5 Å². The minimum absolute atomic E-state index is 0.584. The molecule has 0 N–H and O–H groups in total. The summed E-state index contributed by atoms with van der Waals surface area (Å²) in [4.78, 5) is 8.04. The van der Waals surface area contributed by atoms with Crippen molar-refractivity contribution in [3.05, 3.63) is 30.4 Å². The molecule has 12 heavy (non-hydrogen) atoms. The van der Waals surface area contributed by atoms with Crippen LogP contribution < -0.4 is 0 Å². The minimum atomic E-state index is 0.584. The second-order valence-corrected chi connectivity index (χ2v) is 2.39. The van der Waals surface area contributed by atoms with E-state index in [0.717, 1.165) is 11.3 Å². The molecule has 0 aliphatic heterocycles. The SMILES string of the molecule is Cc1ncccc1-c1ncon1. The fourth-order valence-corrected chi connectivity index (χ4v) is 1.01. The fraction of sp³-hybridized carbons (Fsp3) is 0.125. The first-order valence-corrected chi connectivity index (χ1v) is 3.56. The quantitative estimate of drug-likeness (QED) is 0.635. The molecule has 0 saturated carbocycles. The summed E-state index contributed by atoms with van der Waals surface area (Å²) in [6, 6.07) is 3.76. The van der Waals surface area contributed by atoms with Gasteiger partial charge in [0.25, 0.3) is 0 Å². The molecule has 0 aliphatic carbocycles.